The molecule has 0 fully saturated rings. The van der Waals surface area contributed by atoms with Crippen LogP contribution in [0.25, 0.3) is 64.4 Å². The van der Waals surface area contributed by atoms with Gasteiger partial charge < -0.3 is 9.73 Å². The molecule has 0 spiro atoms. The van der Waals surface area contributed by atoms with E-state index in [0.29, 0.717) is 6.54 Å². The molecule has 1 N–H and O–H groups in total. The molecular formula is C44H30N2OS. The van der Waals surface area contributed by atoms with Crippen molar-refractivity contribution in [3.05, 3.63) is 169 Å². The largest absolute Gasteiger partial charge is 0.456 e. The van der Waals surface area contributed by atoms with E-state index in [1.165, 1.54) is 42.4 Å². The molecule has 48 heavy (non-hydrogen) atoms. The van der Waals surface area contributed by atoms with Crippen LogP contribution in [-0.4, -0.2) is 6.21 Å². The average molecular weight is 635 g/mol. The van der Waals surface area contributed by atoms with E-state index >= 15 is 0 Å². The zero-order chi connectivity index (χ0) is 31.9. The van der Waals surface area contributed by atoms with E-state index in [9.17, 15) is 0 Å². The second-order valence-electron chi connectivity index (χ2n) is 12.0. The number of thiophene rings is 1. The van der Waals surface area contributed by atoms with Crippen molar-refractivity contribution in [2.24, 2.45) is 4.99 Å². The lowest BCUT2D eigenvalue weighted by atomic mass is 9.98. The van der Waals surface area contributed by atoms with Crippen LogP contribution in [0.4, 0.5) is 11.4 Å². The van der Waals surface area contributed by atoms with E-state index in [1.807, 2.05) is 35.8 Å². The van der Waals surface area contributed by atoms with E-state index in [1.54, 1.807) is 0 Å². The minimum atomic E-state index is 0.603. The Kier molecular flexibility index (Phi) is 7.07. The molecule has 0 aliphatic heterocycles. The lowest BCUT2D eigenvalue weighted by Gasteiger charge is -2.13. The van der Waals surface area contributed by atoms with Gasteiger partial charge in [-0.1, -0.05) is 121 Å². The molecule has 0 saturated heterocycles. The van der Waals surface area contributed by atoms with Crippen LogP contribution >= 0.6 is 11.3 Å². The van der Waals surface area contributed by atoms with Crippen molar-refractivity contribution in [2.45, 2.75) is 6.54 Å². The molecule has 0 atom stereocenters. The summed E-state index contributed by atoms with van der Waals surface area (Å²) in [4.78, 5) is 4.66. The van der Waals surface area contributed by atoms with E-state index < -0.39 is 0 Å². The van der Waals surface area contributed by atoms with Gasteiger partial charge in [0.05, 0.1) is 6.54 Å². The molecule has 0 amide bonds. The summed E-state index contributed by atoms with van der Waals surface area (Å²) in [5, 5.41) is 8.56. The Labute approximate surface area is 282 Å². The molecule has 3 nitrogen and oxygen atoms in total. The normalized spacial score (nSPS) is 11.8. The van der Waals surface area contributed by atoms with Crippen molar-refractivity contribution < 1.29 is 4.42 Å². The standard InChI is InChI=1S/C44H30N2OS/c1-3-11-29(12-4-1)27-45-28-30-21-23-35-40(25-30)47-39-19-9-16-34(43(35)39)32-22-24-36-42(26-32)48-41-20-10-18-38(44(36)41)46-37-17-8-7-15-33(37)31-13-5-2-6-14-31/h1-27,46H,28H2. The zero-order valence-electron chi connectivity index (χ0n) is 26.1. The SMILES string of the molecule is C(=NCc1ccc2c(c1)oc1cccc(-c3ccc4c(c3)sc3cccc(Nc5ccccc5-c5ccccc5)c34)c12)c1ccccc1. The third-order valence-corrected chi connectivity index (χ3v) is 10.1. The summed E-state index contributed by atoms with van der Waals surface area (Å²) < 4.78 is 8.94. The highest BCUT2D eigenvalue weighted by molar-refractivity contribution is 7.26. The van der Waals surface area contributed by atoms with Gasteiger partial charge in [0.25, 0.3) is 0 Å². The van der Waals surface area contributed by atoms with Crippen LogP contribution < -0.4 is 5.32 Å². The molecule has 7 aromatic carbocycles. The molecule has 0 bridgehead atoms. The van der Waals surface area contributed by atoms with Crippen molar-refractivity contribution in [1.29, 1.82) is 0 Å². The van der Waals surface area contributed by atoms with Gasteiger partial charge in [0, 0.05) is 54.1 Å². The maximum Gasteiger partial charge on any atom is 0.136 e. The lowest BCUT2D eigenvalue weighted by Crippen LogP contribution is -1.93. The first-order chi connectivity index (χ1) is 23.8. The van der Waals surface area contributed by atoms with Gasteiger partial charge >= 0.3 is 0 Å². The second kappa shape index (κ2) is 12.0. The molecule has 0 aliphatic carbocycles. The number of anilines is 2. The predicted octanol–water partition coefficient (Wildman–Crippen LogP) is 12.7. The number of fused-ring (bicyclic) bond motifs is 6. The van der Waals surface area contributed by atoms with Crippen LogP contribution in [0.1, 0.15) is 11.1 Å². The molecule has 0 saturated carbocycles. The number of nitrogens with one attached hydrogen (secondary N) is 1. The fraction of sp³-hybridized carbons (Fsp3) is 0.0227. The quantitative estimate of drug-likeness (QED) is 0.177. The Balaban J connectivity index is 1.08. The Hall–Kier alpha value is -5.97. The average Bonchev–Trinajstić information content (AvgIpc) is 3.71. The van der Waals surface area contributed by atoms with E-state index in [0.717, 1.165) is 44.4 Å². The van der Waals surface area contributed by atoms with Crippen molar-refractivity contribution in [2.75, 3.05) is 5.32 Å². The number of furan rings is 1. The molecule has 9 aromatic rings. The third-order valence-electron chi connectivity index (χ3n) is 8.96. The summed E-state index contributed by atoms with van der Waals surface area (Å²) in [6.45, 7) is 0.603. The Morgan fingerprint density at radius 1 is 0.542 bits per heavy atom. The smallest absolute Gasteiger partial charge is 0.136 e. The fourth-order valence-electron chi connectivity index (χ4n) is 6.71. The lowest BCUT2D eigenvalue weighted by molar-refractivity contribution is 0.668. The molecule has 2 heterocycles. The van der Waals surface area contributed by atoms with Crippen LogP contribution in [0.2, 0.25) is 0 Å². The van der Waals surface area contributed by atoms with Crippen molar-refractivity contribution >= 4 is 71.0 Å². The molecule has 0 radical (unpaired) electrons. The van der Waals surface area contributed by atoms with Crippen molar-refractivity contribution in [3.63, 3.8) is 0 Å². The first-order valence-corrected chi connectivity index (χ1v) is 17.0. The van der Waals surface area contributed by atoms with Gasteiger partial charge in [0.15, 0.2) is 0 Å². The predicted molar refractivity (Wildman–Crippen MR) is 205 cm³/mol. The highest BCUT2D eigenvalue weighted by atomic mass is 32.1. The van der Waals surface area contributed by atoms with Crippen LogP contribution in [0.15, 0.2) is 167 Å². The van der Waals surface area contributed by atoms with E-state index in [-0.39, 0.29) is 0 Å². The first kappa shape index (κ1) is 28.3. The second-order valence-corrected chi connectivity index (χ2v) is 13.1. The zero-order valence-corrected chi connectivity index (χ0v) is 26.9. The van der Waals surface area contributed by atoms with Gasteiger partial charge in [0.1, 0.15) is 11.2 Å². The molecule has 4 heteroatoms. The van der Waals surface area contributed by atoms with Crippen LogP contribution in [0.3, 0.4) is 0 Å². The van der Waals surface area contributed by atoms with Gasteiger partial charge in [-0.05, 0) is 64.2 Å². The number of para-hydroxylation sites is 1. The Bertz CT molecular complexity index is 2620. The summed E-state index contributed by atoms with van der Waals surface area (Å²) in [6.07, 6.45) is 1.92. The minimum absolute atomic E-state index is 0.603. The van der Waals surface area contributed by atoms with Gasteiger partial charge in [-0.3, -0.25) is 4.99 Å². The van der Waals surface area contributed by atoms with Crippen LogP contribution in [0.5, 0.6) is 0 Å². The molecule has 0 aliphatic rings. The monoisotopic (exact) mass is 634 g/mol. The summed E-state index contributed by atoms with van der Waals surface area (Å²) in [5.41, 5.74) is 11.0. The van der Waals surface area contributed by atoms with Crippen LogP contribution in [0, 0.1) is 0 Å². The summed E-state index contributed by atoms with van der Waals surface area (Å²) in [7, 11) is 0. The van der Waals surface area contributed by atoms with Gasteiger partial charge in [-0.15, -0.1) is 11.3 Å². The topological polar surface area (TPSA) is 37.5 Å². The molecule has 228 valence electrons. The van der Waals surface area contributed by atoms with Crippen molar-refractivity contribution in [1.82, 2.24) is 0 Å². The maximum atomic E-state index is 6.41. The Morgan fingerprint density at radius 3 is 2.19 bits per heavy atom. The van der Waals surface area contributed by atoms with Gasteiger partial charge in [-0.25, -0.2) is 0 Å². The highest BCUT2D eigenvalue weighted by Gasteiger charge is 2.16. The number of rotatable bonds is 7. The number of hydrogen-bond acceptors (Lipinski definition) is 4. The number of hydrogen-bond donors (Lipinski definition) is 1. The fourth-order valence-corrected chi connectivity index (χ4v) is 7.88. The van der Waals surface area contributed by atoms with Crippen LogP contribution in [-0.2, 0) is 6.54 Å². The summed E-state index contributed by atoms with van der Waals surface area (Å²) in [5.74, 6) is 0. The summed E-state index contributed by atoms with van der Waals surface area (Å²) >= 11 is 1.84. The highest BCUT2D eigenvalue weighted by Crippen LogP contribution is 2.43. The number of aliphatic imine (C=N–C) groups is 1. The molecule has 2 aromatic heterocycles. The van der Waals surface area contributed by atoms with Gasteiger partial charge in [0.2, 0.25) is 0 Å². The maximum absolute atomic E-state index is 6.41. The number of benzene rings is 7. The number of nitrogens with zero attached hydrogens (tertiary/aromatic N) is 1. The first-order valence-electron chi connectivity index (χ1n) is 16.1. The molecule has 9 rings (SSSR count). The third kappa shape index (κ3) is 5.13. The van der Waals surface area contributed by atoms with E-state index in [2.05, 4.69) is 150 Å². The Morgan fingerprint density at radius 2 is 1.29 bits per heavy atom. The molecular weight excluding hydrogens is 605 g/mol. The minimum Gasteiger partial charge on any atom is -0.456 e. The van der Waals surface area contributed by atoms with Crippen molar-refractivity contribution in [3.8, 4) is 22.3 Å². The summed E-state index contributed by atoms with van der Waals surface area (Å²) in [6, 6.07) is 55.5. The molecule has 0 unspecified atom stereocenters. The van der Waals surface area contributed by atoms with Gasteiger partial charge in [-0.2, -0.15) is 0 Å². The van der Waals surface area contributed by atoms with E-state index in [4.69, 9.17) is 4.42 Å².